The molecule has 1 aliphatic heterocycles. The van der Waals surface area contributed by atoms with Crippen molar-refractivity contribution in [3.8, 4) is 0 Å². The molecule has 4 rings (SSSR count). The Kier molecular flexibility index (Phi) is 7.24. The summed E-state index contributed by atoms with van der Waals surface area (Å²) in [7, 11) is 1.90. The lowest BCUT2D eigenvalue weighted by Crippen LogP contribution is -2.35. The van der Waals surface area contributed by atoms with E-state index in [1.54, 1.807) is 4.68 Å². The smallest absolute Gasteiger partial charge is 0.225 e. The zero-order valence-electron chi connectivity index (χ0n) is 15.0. The third-order valence-electron chi connectivity index (χ3n) is 4.80. The highest BCUT2D eigenvalue weighted by atomic mass is 35.5. The fraction of sp³-hybridized carbons (Fsp3) is 0.389. The van der Waals surface area contributed by atoms with E-state index < -0.39 is 0 Å². The monoisotopic (exact) mass is 410 g/mol. The van der Waals surface area contributed by atoms with Crippen LogP contribution >= 0.6 is 24.8 Å². The number of nitrogens with zero attached hydrogens (tertiary/aromatic N) is 4. The fourth-order valence-corrected chi connectivity index (χ4v) is 3.49. The van der Waals surface area contributed by atoms with E-state index in [2.05, 4.69) is 20.7 Å². The lowest BCUT2D eigenvalue weighted by molar-refractivity contribution is -0.124. The summed E-state index contributed by atoms with van der Waals surface area (Å²) in [6.45, 7) is 2.12. The number of carbonyl (C=O) groups is 1. The number of fused-ring (bicyclic) bond motifs is 1. The lowest BCUT2D eigenvalue weighted by atomic mass is 9.90. The molecule has 9 heteroatoms. The molecule has 4 heterocycles. The first-order valence-corrected chi connectivity index (χ1v) is 8.60. The zero-order chi connectivity index (χ0) is 17.2. The van der Waals surface area contributed by atoms with Crippen molar-refractivity contribution in [1.82, 2.24) is 29.8 Å². The minimum atomic E-state index is -0.0507. The number of hydrogen-bond donors (Lipinski definition) is 2. The summed E-state index contributed by atoms with van der Waals surface area (Å²) in [5.41, 5.74) is 3.04. The maximum absolute atomic E-state index is 12.6. The number of amides is 1. The Bertz CT molecular complexity index is 860. The van der Waals surface area contributed by atoms with Crippen molar-refractivity contribution in [2.75, 3.05) is 19.6 Å². The normalized spacial score (nSPS) is 18.7. The van der Waals surface area contributed by atoms with E-state index in [-0.39, 0.29) is 42.6 Å². The molecule has 7 nitrogen and oxygen atoms in total. The van der Waals surface area contributed by atoms with E-state index in [9.17, 15) is 4.79 Å². The molecule has 27 heavy (non-hydrogen) atoms. The van der Waals surface area contributed by atoms with Crippen LogP contribution in [0.15, 0.2) is 43.0 Å². The Morgan fingerprint density at radius 1 is 1.30 bits per heavy atom. The van der Waals surface area contributed by atoms with Crippen LogP contribution < -0.4 is 10.6 Å². The number of aryl methyl sites for hydroxylation is 1. The van der Waals surface area contributed by atoms with E-state index >= 15 is 0 Å². The Balaban J connectivity index is 0.00000131. The molecule has 0 spiro atoms. The number of halogens is 2. The van der Waals surface area contributed by atoms with Gasteiger partial charge in [0.1, 0.15) is 5.65 Å². The number of pyridine rings is 1. The van der Waals surface area contributed by atoms with E-state index in [1.807, 2.05) is 54.4 Å². The quantitative estimate of drug-likeness (QED) is 0.669. The minimum Gasteiger partial charge on any atom is -0.355 e. The molecule has 0 aromatic carbocycles. The van der Waals surface area contributed by atoms with Crippen LogP contribution in [-0.2, 0) is 18.3 Å². The topological polar surface area (TPSA) is 76.2 Å². The van der Waals surface area contributed by atoms with Gasteiger partial charge in [0.15, 0.2) is 0 Å². The Hall–Kier alpha value is -2.09. The summed E-state index contributed by atoms with van der Waals surface area (Å²) in [5, 5.41) is 10.6. The van der Waals surface area contributed by atoms with E-state index in [0.29, 0.717) is 13.1 Å². The van der Waals surface area contributed by atoms with Crippen molar-refractivity contribution in [3.63, 3.8) is 0 Å². The highest BCUT2D eigenvalue weighted by Crippen LogP contribution is 2.27. The summed E-state index contributed by atoms with van der Waals surface area (Å²) in [4.78, 5) is 17.2. The number of nitrogens with one attached hydrogen (secondary N) is 2. The molecule has 146 valence electrons. The van der Waals surface area contributed by atoms with Crippen molar-refractivity contribution in [2.45, 2.75) is 12.3 Å². The molecule has 2 atom stereocenters. The second kappa shape index (κ2) is 9.21. The molecule has 0 aliphatic carbocycles. The van der Waals surface area contributed by atoms with Gasteiger partial charge in [0.2, 0.25) is 5.91 Å². The number of hydrogen-bond acceptors (Lipinski definition) is 4. The first kappa shape index (κ1) is 21.2. The van der Waals surface area contributed by atoms with Gasteiger partial charge >= 0.3 is 0 Å². The van der Waals surface area contributed by atoms with Gasteiger partial charge in [-0.15, -0.1) is 24.8 Å². The third kappa shape index (κ3) is 4.61. The zero-order valence-corrected chi connectivity index (χ0v) is 16.7. The maximum atomic E-state index is 12.6. The number of aromatic nitrogens is 4. The molecule has 0 bridgehead atoms. The number of imidazole rings is 1. The summed E-state index contributed by atoms with van der Waals surface area (Å²) in [6, 6.07) is 5.93. The maximum Gasteiger partial charge on any atom is 0.225 e. The third-order valence-corrected chi connectivity index (χ3v) is 4.80. The molecule has 0 radical (unpaired) electrons. The van der Waals surface area contributed by atoms with Gasteiger partial charge in [-0.25, -0.2) is 4.98 Å². The second-order valence-corrected chi connectivity index (χ2v) is 6.56. The number of carbonyl (C=O) groups excluding carboxylic acids is 1. The van der Waals surface area contributed by atoms with Crippen LogP contribution in [0.4, 0.5) is 0 Å². The van der Waals surface area contributed by atoms with Crippen LogP contribution in [0, 0.1) is 5.92 Å². The van der Waals surface area contributed by atoms with Crippen molar-refractivity contribution in [3.05, 3.63) is 54.2 Å². The molecule has 1 saturated heterocycles. The van der Waals surface area contributed by atoms with Crippen molar-refractivity contribution in [2.24, 2.45) is 13.0 Å². The molecule has 2 N–H and O–H groups in total. The molecule has 1 aliphatic rings. The van der Waals surface area contributed by atoms with Gasteiger partial charge in [-0.3, -0.25) is 9.48 Å². The van der Waals surface area contributed by atoms with Crippen LogP contribution in [0.3, 0.4) is 0 Å². The molecule has 1 amide bonds. The summed E-state index contributed by atoms with van der Waals surface area (Å²) in [5.74, 6) is 0.233. The summed E-state index contributed by atoms with van der Waals surface area (Å²) < 4.78 is 3.78. The molecular formula is C18H24Cl2N6O. The van der Waals surface area contributed by atoms with Crippen molar-refractivity contribution in [1.29, 1.82) is 0 Å². The average molecular weight is 411 g/mol. The van der Waals surface area contributed by atoms with Crippen LogP contribution in [0.5, 0.6) is 0 Å². The lowest BCUT2D eigenvalue weighted by Gasteiger charge is -2.16. The first-order valence-electron chi connectivity index (χ1n) is 8.60. The number of rotatable bonds is 5. The van der Waals surface area contributed by atoms with Gasteiger partial charge in [-0.2, -0.15) is 5.10 Å². The molecule has 3 aromatic rings. The van der Waals surface area contributed by atoms with E-state index in [4.69, 9.17) is 0 Å². The standard InChI is InChI=1S/C18H22N6O.2ClH/c1-23-11-13(8-21-23)15-9-19-10-16(15)18(25)20-6-5-14-12-24-7-3-2-4-17(24)22-14;;/h2-4,7-8,11-12,15-16,19H,5-6,9-10H2,1H3,(H,20,25);2*1H/t15-,16+;;/m1../s1. The van der Waals surface area contributed by atoms with Crippen LogP contribution in [0.25, 0.3) is 5.65 Å². The van der Waals surface area contributed by atoms with Gasteiger partial charge in [0.05, 0.1) is 17.8 Å². The van der Waals surface area contributed by atoms with Crippen LogP contribution in [0.1, 0.15) is 17.2 Å². The first-order chi connectivity index (χ1) is 12.2. The largest absolute Gasteiger partial charge is 0.355 e. The van der Waals surface area contributed by atoms with Crippen molar-refractivity contribution < 1.29 is 4.79 Å². The molecule has 0 unspecified atom stereocenters. The minimum absolute atomic E-state index is 0. The highest BCUT2D eigenvalue weighted by molar-refractivity contribution is 5.85. The van der Waals surface area contributed by atoms with E-state index in [1.165, 1.54) is 0 Å². The Morgan fingerprint density at radius 3 is 2.89 bits per heavy atom. The molecular weight excluding hydrogens is 387 g/mol. The highest BCUT2D eigenvalue weighted by Gasteiger charge is 2.34. The fourth-order valence-electron chi connectivity index (χ4n) is 3.49. The molecule has 1 fully saturated rings. The van der Waals surface area contributed by atoms with Gasteiger partial charge in [0, 0.05) is 57.6 Å². The van der Waals surface area contributed by atoms with Crippen LogP contribution in [0.2, 0.25) is 0 Å². The van der Waals surface area contributed by atoms with Gasteiger partial charge in [-0.05, 0) is 17.7 Å². The van der Waals surface area contributed by atoms with Gasteiger partial charge < -0.3 is 15.0 Å². The summed E-state index contributed by atoms with van der Waals surface area (Å²) >= 11 is 0. The van der Waals surface area contributed by atoms with Crippen LogP contribution in [-0.4, -0.2) is 44.7 Å². The SMILES string of the molecule is Cl.Cl.Cn1cc([C@H]2CNC[C@@H]2C(=O)NCCc2cn3ccccc3n2)cn1. The second-order valence-electron chi connectivity index (χ2n) is 6.56. The van der Waals surface area contributed by atoms with Gasteiger partial charge in [-0.1, -0.05) is 6.07 Å². The predicted octanol–water partition coefficient (Wildman–Crippen LogP) is 1.57. The van der Waals surface area contributed by atoms with Gasteiger partial charge in [0.25, 0.3) is 0 Å². The van der Waals surface area contributed by atoms with Crippen molar-refractivity contribution >= 4 is 36.4 Å². The molecule has 3 aromatic heterocycles. The molecule has 0 saturated carbocycles. The Morgan fingerprint density at radius 2 is 2.15 bits per heavy atom. The average Bonchev–Trinajstić information content (AvgIpc) is 3.32. The van der Waals surface area contributed by atoms with E-state index in [0.717, 1.165) is 29.9 Å². The Labute approximate surface area is 170 Å². The predicted molar refractivity (Wildman–Crippen MR) is 109 cm³/mol. The summed E-state index contributed by atoms with van der Waals surface area (Å²) in [6.07, 6.45) is 8.57.